The van der Waals surface area contributed by atoms with Gasteiger partial charge in [-0.25, -0.2) is 9.13 Å². The molecule has 0 radical (unpaired) electrons. The van der Waals surface area contributed by atoms with E-state index in [4.69, 9.17) is 27.6 Å². The number of aliphatic hydroxyl groups excluding tert-OH is 1. The number of aliphatic hydroxyl groups is 1. The summed E-state index contributed by atoms with van der Waals surface area (Å²) in [7, 11) is 3.54. The molecule has 4 saturated carbocycles. The van der Waals surface area contributed by atoms with Crippen molar-refractivity contribution in [1.29, 1.82) is 0 Å². The number of likely N-dealkylation sites (N-methyl/N-ethyl adjacent to an activating group) is 2. The average Bonchev–Trinajstić information content (AvgIpc) is 3.38. The van der Waals surface area contributed by atoms with Crippen molar-refractivity contribution >= 4 is 15.6 Å². The second kappa shape index (κ2) is 18.3. The van der Waals surface area contributed by atoms with E-state index in [2.05, 4.69) is 27.7 Å². The fraction of sp³-hybridized carbons (Fsp3) is 1.00. The average molecular weight is 799 g/mol. The quantitative estimate of drug-likeness (QED) is 0.0702. The zero-order valence-electron chi connectivity index (χ0n) is 34.6. The normalized spacial score (nSPS) is 37.6. The van der Waals surface area contributed by atoms with Gasteiger partial charge in [0.25, 0.3) is 0 Å². The summed E-state index contributed by atoms with van der Waals surface area (Å²) in [6.45, 7) is 11.1. The Morgan fingerprint density at radius 2 is 1.28 bits per heavy atom. The summed E-state index contributed by atoms with van der Waals surface area (Å²) in [6.07, 6.45) is 8.10. The van der Waals surface area contributed by atoms with Crippen molar-refractivity contribution in [2.24, 2.45) is 46.3 Å². The molecule has 13 atom stereocenters. The van der Waals surface area contributed by atoms with Gasteiger partial charge in [0.2, 0.25) is 0 Å². The number of phosphoric ester groups is 2. The standard InChI is InChI=1S/C38H74N2O11P2/c1-11-12-28(2)31-13-14-32-36-33(27-35(38(31,32)4)47-22-24-51-53(44,45)49-20-18-40(8,9)10)37(3)16-15-30(41)25-29(37)26-34(36)46-21-23-50-52(42,43)48-19-17-39(5,6)7/h28-36,41H,11-27H2,1-10H3/p+2/t28-,29+,30-,31-,32+,33+,34-,35+,36+,37+,38-/m1/s1. The summed E-state index contributed by atoms with van der Waals surface area (Å²) in [5.41, 5.74) is -0.136. The van der Waals surface area contributed by atoms with E-state index in [1.54, 1.807) is 0 Å². The third-order valence-corrected chi connectivity index (χ3v) is 15.6. The number of ether oxygens (including phenoxy) is 2. The molecule has 2 unspecified atom stereocenters. The van der Waals surface area contributed by atoms with E-state index in [-0.39, 0.29) is 86.5 Å². The van der Waals surface area contributed by atoms with Crippen LogP contribution in [0.4, 0.5) is 0 Å². The molecule has 13 nitrogen and oxygen atoms in total. The van der Waals surface area contributed by atoms with Crippen molar-refractivity contribution in [3.63, 3.8) is 0 Å². The molecule has 4 fully saturated rings. The highest BCUT2D eigenvalue weighted by Crippen LogP contribution is 2.69. The molecule has 15 heteroatoms. The lowest BCUT2D eigenvalue weighted by Gasteiger charge is -2.64. The van der Waals surface area contributed by atoms with Crippen LogP contribution in [0.25, 0.3) is 0 Å². The fourth-order valence-electron chi connectivity index (χ4n) is 10.8. The van der Waals surface area contributed by atoms with Gasteiger partial charge in [-0.2, -0.15) is 0 Å². The van der Waals surface area contributed by atoms with E-state index in [1.807, 2.05) is 42.3 Å². The maximum absolute atomic E-state index is 12.7. The van der Waals surface area contributed by atoms with Gasteiger partial charge in [0.15, 0.2) is 0 Å². The number of nitrogens with zero attached hydrogens (tertiary/aromatic N) is 2. The molecular formula is C38H76N2O11P2+2. The monoisotopic (exact) mass is 798 g/mol. The second-order valence-corrected chi connectivity index (χ2v) is 22.2. The van der Waals surface area contributed by atoms with E-state index in [0.717, 1.165) is 57.8 Å². The van der Waals surface area contributed by atoms with Crippen LogP contribution in [0.2, 0.25) is 0 Å². The lowest BCUT2D eigenvalue weighted by atomic mass is 9.43. The lowest BCUT2D eigenvalue weighted by Crippen LogP contribution is -2.63. The minimum atomic E-state index is -4.21. The zero-order chi connectivity index (χ0) is 39.5. The summed E-state index contributed by atoms with van der Waals surface area (Å²) >= 11 is 0. The molecule has 4 aliphatic rings. The Kier molecular flexibility index (Phi) is 15.8. The molecule has 0 aromatic rings. The maximum atomic E-state index is 12.7. The smallest absolute Gasteiger partial charge is 0.393 e. The van der Waals surface area contributed by atoms with Crippen LogP contribution in [0.1, 0.15) is 85.5 Å². The Hall–Kier alpha value is 0.0200. The highest BCUT2D eigenvalue weighted by Gasteiger charge is 2.66. The van der Waals surface area contributed by atoms with Gasteiger partial charge in [-0.1, -0.05) is 40.5 Å². The summed E-state index contributed by atoms with van der Waals surface area (Å²) in [4.78, 5) is 20.7. The van der Waals surface area contributed by atoms with Gasteiger partial charge >= 0.3 is 15.6 Å². The van der Waals surface area contributed by atoms with Gasteiger partial charge in [-0.15, -0.1) is 0 Å². The van der Waals surface area contributed by atoms with Gasteiger partial charge in [0.05, 0.1) is 87.0 Å². The molecule has 0 saturated heterocycles. The SMILES string of the molecule is CCC[C@@H](C)[C@H]1CC[C@H]2[C@@H]3[C@H](OCCOP(=O)(O)OCC[N+](C)(C)C)C[C@@H]4C[C@H](O)CC[C@]4(C)[C@H]3C[C@H](OCCOP(=O)(O)OCC[N+](C)(C)C)[C@]12C. The number of fused-ring (bicyclic) bond motifs is 5. The zero-order valence-corrected chi connectivity index (χ0v) is 36.4. The second-order valence-electron chi connectivity index (χ2n) is 19.3. The third kappa shape index (κ3) is 12.0. The van der Waals surface area contributed by atoms with Crippen LogP contribution in [0.3, 0.4) is 0 Å². The Bertz CT molecular complexity index is 1260. The van der Waals surface area contributed by atoms with Crippen LogP contribution in [0, 0.1) is 46.3 Å². The molecular weight excluding hydrogens is 722 g/mol. The maximum Gasteiger partial charge on any atom is 0.472 e. The third-order valence-electron chi connectivity index (χ3n) is 13.6. The molecule has 0 aromatic heterocycles. The first-order valence-electron chi connectivity index (χ1n) is 20.3. The lowest BCUT2D eigenvalue weighted by molar-refractivity contribution is -0.870. The first-order chi connectivity index (χ1) is 24.5. The van der Waals surface area contributed by atoms with E-state index in [0.29, 0.717) is 39.8 Å². The van der Waals surface area contributed by atoms with Crippen molar-refractivity contribution in [1.82, 2.24) is 0 Å². The first-order valence-corrected chi connectivity index (χ1v) is 23.3. The van der Waals surface area contributed by atoms with Gasteiger partial charge in [0, 0.05) is 5.41 Å². The van der Waals surface area contributed by atoms with Crippen LogP contribution in [-0.2, 0) is 36.7 Å². The van der Waals surface area contributed by atoms with Crippen molar-refractivity contribution in [3.05, 3.63) is 0 Å². The number of quaternary nitrogens is 2. The number of hydrogen-bond donors (Lipinski definition) is 3. The van der Waals surface area contributed by atoms with Crippen molar-refractivity contribution in [2.45, 2.75) is 104 Å². The van der Waals surface area contributed by atoms with Crippen LogP contribution in [0.15, 0.2) is 0 Å². The largest absolute Gasteiger partial charge is 0.472 e. The van der Waals surface area contributed by atoms with E-state index < -0.39 is 15.6 Å². The van der Waals surface area contributed by atoms with Crippen LogP contribution in [0.5, 0.6) is 0 Å². The van der Waals surface area contributed by atoms with E-state index >= 15 is 0 Å². The van der Waals surface area contributed by atoms with E-state index in [9.17, 15) is 24.0 Å². The molecule has 3 N–H and O–H groups in total. The minimum absolute atomic E-state index is 0.00717. The van der Waals surface area contributed by atoms with Crippen molar-refractivity contribution in [3.8, 4) is 0 Å². The molecule has 0 aromatic carbocycles. The highest BCUT2D eigenvalue weighted by atomic mass is 31.2. The minimum Gasteiger partial charge on any atom is -0.393 e. The Labute approximate surface area is 320 Å². The summed E-state index contributed by atoms with van der Waals surface area (Å²) in [6, 6.07) is 0. The summed E-state index contributed by atoms with van der Waals surface area (Å²) < 4.78 is 61.3. The Morgan fingerprint density at radius 1 is 0.736 bits per heavy atom. The fourth-order valence-corrected chi connectivity index (χ4v) is 12.2. The van der Waals surface area contributed by atoms with Crippen LogP contribution < -0.4 is 0 Å². The van der Waals surface area contributed by atoms with Crippen LogP contribution in [-0.4, -0.2) is 137 Å². The first kappa shape index (κ1) is 45.7. The number of phosphoric acid groups is 2. The molecule has 0 bridgehead atoms. The molecule has 0 aliphatic heterocycles. The van der Waals surface area contributed by atoms with Gasteiger partial charge in [-0.05, 0) is 85.9 Å². The number of rotatable bonds is 21. The molecule has 0 amide bonds. The van der Waals surface area contributed by atoms with Gasteiger partial charge < -0.3 is 33.3 Å². The predicted molar refractivity (Wildman–Crippen MR) is 205 cm³/mol. The van der Waals surface area contributed by atoms with Gasteiger partial charge in [0.1, 0.15) is 26.3 Å². The van der Waals surface area contributed by atoms with E-state index in [1.165, 1.54) is 0 Å². The molecule has 312 valence electrons. The molecule has 0 heterocycles. The Balaban J connectivity index is 1.52. The summed E-state index contributed by atoms with van der Waals surface area (Å²) in [5, 5.41) is 10.8. The van der Waals surface area contributed by atoms with Crippen molar-refractivity contribution < 1.29 is 60.6 Å². The van der Waals surface area contributed by atoms with Gasteiger partial charge in [-0.3, -0.25) is 18.1 Å². The molecule has 4 aliphatic carbocycles. The number of hydrogen-bond acceptors (Lipinski definition) is 9. The molecule has 4 rings (SSSR count). The van der Waals surface area contributed by atoms with Crippen molar-refractivity contribution in [2.75, 3.05) is 95.0 Å². The highest BCUT2D eigenvalue weighted by molar-refractivity contribution is 7.47. The molecule has 53 heavy (non-hydrogen) atoms. The molecule has 0 spiro atoms. The predicted octanol–water partition coefficient (Wildman–Crippen LogP) is 6.11. The summed E-state index contributed by atoms with van der Waals surface area (Å²) in [5.74, 6) is 2.12. The Morgan fingerprint density at radius 3 is 1.83 bits per heavy atom. The topological polar surface area (TPSA) is 150 Å². The van der Waals surface area contributed by atoms with Crippen LogP contribution >= 0.6 is 15.6 Å².